The second kappa shape index (κ2) is 8.44. The maximum atomic E-state index is 13.1. The van der Waals surface area contributed by atoms with Gasteiger partial charge in [-0.2, -0.15) is 0 Å². The third kappa shape index (κ3) is 3.83. The van der Waals surface area contributed by atoms with Crippen molar-refractivity contribution in [3.8, 4) is 11.3 Å². The molecule has 0 atom stereocenters. The number of halogens is 2. The Morgan fingerprint density at radius 2 is 1.72 bits per heavy atom. The molecule has 6 heteroatoms. The molecule has 1 amide bonds. The number of pyridine rings is 1. The summed E-state index contributed by atoms with van der Waals surface area (Å²) in [5, 5.41) is 5.41. The summed E-state index contributed by atoms with van der Waals surface area (Å²) in [5.41, 5.74) is 4.45. The summed E-state index contributed by atoms with van der Waals surface area (Å²) in [7, 11) is 0. The van der Waals surface area contributed by atoms with Gasteiger partial charge in [-0.15, -0.1) is 0 Å². The van der Waals surface area contributed by atoms with Crippen LogP contribution in [-0.4, -0.2) is 22.4 Å². The van der Waals surface area contributed by atoms with E-state index >= 15 is 0 Å². The van der Waals surface area contributed by atoms with Crippen molar-refractivity contribution in [1.82, 2.24) is 15.3 Å². The lowest BCUT2D eigenvalue weighted by molar-refractivity contribution is 0.0949. The Hall–Kier alpha value is -3.70. The fraction of sp³-hybridized carbons (Fsp3) is 0.0769. The molecule has 0 saturated heterocycles. The molecule has 2 aromatic heterocycles. The van der Waals surface area contributed by atoms with Crippen LogP contribution in [0.2, 0.25) is 5.02 Å². The van der Waals surface area contributed by atoms with E-state index in [-0.39, 0.29) is 11.7 Å². The Balaban J connectivity index is 1.52. The highest BCUT2D eigenvalue weighted by Gasteiger charge is 2.18. The van der Waals surface area contributed by atoms with Gasteiger partial charge in [-0.25, -0.2) is 9.37 Å². The van der Waals surface area contributed by atoms with Crippen LogP contribution in [0, 0.1) is 5.82 Å². The molecule has 2 heterocycles. The zero-order valence-corrected chi connectivity index (χ0v) is 17.8. The molecule has 0 aliphatic heterocycles. The highest BCUT2D eigenvalue weighted by Crippen LogP contribution is 2.35. The predicted molar refractivity (Wildman–Crippen MR) is 126 cm³/mol. The van der Waals surface area contributed by atoms with E-state index in [0.29, 0.717) is 29.4 Å². The summed E-state index contributed by atoms with van der Waals surface area (Å²) in [6, 6.07) is 23.5. The van der Waals surface area contributed by atoms with Gasteiger partial charge in [-0.3, -0.25) is 4.79 Å². The Bertz CT molecular complexity index is 1440. The molecule has 0 bridgehead atoms. The van der Waals surface area contributed by atoms with E-state index in [2.05, 4.69) is 15.3 Å². The van der Waals surface area contributed by atoms with Gasteiger partial charge < -0.3 is 10.3 Å². The van der Waals surface area contributed by atoms with E-state index in [1.54, 1.807) is 12.1 Å². The van der Waals surface area contributed by atoms with Crippen LogP contribution in [-0.2, 0) is 6.42 Å². The third-order valence-corrected chi connectivity index (χ3v) is 5.80. The van der Waals surface area contributed by atoms with Gasteiger partial charge in [0.25, 0.3) is 5.91 Å². The minimum Gasteiger partial charge on any atom is -0.353 e. The van der Waals surface area contributed by atoms with Crippen LogP contribution < -0.4 is 5.32 Å². The Morgan fingerprint density at radius 3 is 2.53 bits per heavy atom. The van der Waals surface area contributed by atoms with Gasteiger partial charge >= 0.3 is 0 Å². The number of hydrogen-bond acceptors (Lipinski definition) is 2. The Morgan fingerprint density at radius 1 is 0.969 bits per heavy atom. The monoisotopic (exact) mass is 443 g/mol. The molecule has 5 aromatic rings. The maximum Gasteiger partial charge on any atom is 0.269 e. The average Bonchev–Trinajstić information content (AvgIpc) is 3.19. The minimum atomic E-state index is -0.277. The maximum absolute atomic E-state index is 13.1. The number of carbonyl (C=O) groups is 1. The van der Waals surface area contributed by atoms with Crippen LogP contribution in [0.4, 0.5) is 4.39 Å². The number of rotatable bonds is 5. The van der Waals surface area contributed by atoms with Crippen molar-refractivity contribution in [2.24, 2.45) is 0 Å². The number of carbonyl (C=O) groups excluding carboxylic acids is 1. The van der Waals surface area contributed by atoms with Crippen molar-refractivity contribution in [2.75, 3.05) is 6.54 Å². The second-order valence-corrected chi connectivity index (χ2v) is 7.97. The van der Waals surface area contributed by atoms with Gasteiger partial charge in [0.15, 0.2) is 0 Å². The molecule has 158 valence electrons. The summed E-state index contributed by atoms with van der Waals surface area (Å²) < 4.78 is 13.1. The smallest absolute Gasteiger partial charge is 0.269 e. The fourth-order valence-electron chi connectivity index (χ4n) is 3.87. The molecular weight excluding hydrogens is 425 g/mol. The van der Waals surface area contributed by atoms with Crippen LogP contribution in [0.5, 0.6) is 0 Å². The van der Waals surface area contributed by atoms with Crippen molar-refractivity contribution in [3.63, 3.8) is 0 Å². The van der Waals surface area contributed by atoms with Gasteiger partial charge in [-0.1, -0.05) is 60.1 Å². The summed E-state index contributed by atoms with van der Waals surface area (Å²) in [4.78, 5) is 21.1. The van der Waals surface area contributed by atoms with E-state index in [1.807, 2.05) is 54.6 Å². The Labute approximate surface area is 189 Å². The molecule has 2 N–H and O–H groups in total. The van der Waals surface area contributed by atoms with Gasteiger partial charge in [0.05, 0.1) is 16.2 Å². The highest BCUT2D eigenvalue weighted by molar-refractivity contribution is 6.33. The first-order chi connectivity index (χ1) is 15.6. The lowest BCUT2D eigenvalue weighted by Crippen LogP contribution is -2.26. The largest absolute Gasteiger partial charge is 0.353 e. The SMILES string of the molecule is O=C(NCCc1ccc(F)cc1)c1cc2c([nH]c3ccccc32)c(-c2ccccc2Cl)n1. The van der Waals surface area contributed by atoms with Crippen molar-refractivity contribution < 1.29 is 9.18 Å². The van der Waals surface area contributed by atoms with Crippen molar-refractivity contribution in [2.45, 2.75) is 6.42 Å². The summed E-state index contributed by atoms with van der Waals surface area (Å²) in [6.07, 6.45) is 0.596. The first-order valence-corrected chi connectivity index (χ1v) is 10.7. The predicted octanol–water partition coefficient (Wildman–Crippen LogP) is 6.15. The molecule has 5 rings (SSSR count). The lowest BCUT2D eigenvalue weighted by atomic mass is 10.1. The van der Waals surface area contributed by atoms with E-state index < -0.39 is 0 Å². The van der Waals surface area contributed by atoms with Crippen molar-refractivity contribution in [3.05, 3.63) is 101 Å². The number of H-pyrrole nitrogens is 1. The van der Waals surface area contributed by atoms with Crippen molar-refractivity contribution in [1.29, 1.82) is 0 Å². The lowest BCUT2D eigenvalue weighted by Gasteiger charge is -2.10. The van der Waals surface area contributed by atoms with E-state index in [9.17, 15) is 9.18 Å². The first-order valence-electron chi connectivity index (χ1n) is 10.3. The number of hydrogen-bond donors (Lipinski definition) is 2. The van der Waals surface area contributed by atoms with Gasteiger partial charge in [0.2, 0.25) is 0 Å². The van der Waals surface area contributed by atoms with Gasteiger partial charge in [0.1, 0.15) is 11.5 Å². The van der Waals surface area contributed by atoms with Gasteiger partial charge in [0, 0.05) is 28.4 Å². The molecular formula is C26H19ClFN3O. The summed E-state index contributed by atoms with van der Waals surface area (Å²) in [5.74, 6) is -0.547. The summed E-state index contributed by atoms with van der Waals surface area (Å²) in [6.45, 7) is 0.416. The minimum absolute atomic E-state index is 0.271. The van der Waals surface area contributed by atoms with Crippen LogP contribution in [0.15, 0.2) is 78.9 Å². The molecule has 4 nitrogen and oxygen atoms in total. The fourth-order valence-corrected chi connectivity index (χ4v) is 4.10. The zero-order valence-electron chi connectivity index (χ0n) is 17.0. The molecule has 0 aliphatic carbocycles. The Kier molecular flexibility index (Phi) is 5.33. The molecule has 0 saturated carbocycles. The number of fused-ring (bicyclic) bond motifs is 3. The number of nitrogens with one attached hydrogen (secondary N) is 2. The molecule has 0 spiro atoms. The molecule has 32 heavy (non-hydrogen) atoms. The van der Waals surface area contributed by atoms with E-state index in [4.69, 9.17) is 11.6 Å². The number of nitrogens with zero attached hydrogens (tertiary/aromatic N) is 1. The number of aromatic amines is 1. The topological polar surface area (TPSA) is 57.8 Å². The van der Waals surface area contributed by atoms with Crippen molar-refractivity contribution >= 4 is 39.3 Å². The molecule has 0 fully saturated rings. The number of benzene rings is 3. The number of aromatic nitrogens is 2. The molecule has 0 radical (unpaired) electrons. The normalized spacial score (nSPS) is 11.2. The summed E-state index contributed by atoms with van der Waals surface area (Å²) >= 11 is 6.47. The van der Waals surface area contributed by atoms with Crippen LogP contribution >= 0.6 is 11.6 Å². The second-order valence-electron chi connectivity index (χ2n) is 7.56. The highest BCUT2D eigenvalue weighted by atomic mass is 35.5. The first kappa shape index (κ1) is 20.2. The zero-order chi connectivity index (χ0) is 22.1. The van der Waals surface area contributed by atoms with Crippen LogP contribution in [0.1, 0.15) is 16.1 Å². The molecule has 0 aliphatic rings. The van der Waals surface area contributed by atoms with E-state index in [0.717, 1.165) is 32.9 Å². The van der Waals surface area contributed by atoms with E-state index in [1.165, 1.54) is 12.1 Å². The molecule has 0 unspecified atom stereocenters. The van der Waals surface area contributed by atoms with Crippen LogP contribution in [0.3, 0.4) is 0 Å². The number of para-hydroxylation sites is 1. The number of amides is 1. The molecule has 3 aromatic carbocycles. The van der Waals surface area contributed by atoms with Gasteiger partial charge in [-0.05, 0) is 42.3 Å². The standard InChI is InChI=1S/C26H19ClFN3O/c27-21-7-3-1-6-19(21)24-25-20(18-5-2-4-8-22(18)30-25)15-23(31-24)26(32)29-14-13-16-9-11-17(28)12-10-16/h1-12,15,30H,13-14H2,(H,29,32). The third-order valence-electron chi connectivity index (χ3n) is 5.47. The average molecular weight is 444 g/mol. The quantitative estimate of drug-likeness (QED) is 0.342. The van der Waals surface area contributed by atoms with Crippen LogP contribution in [0.25, 0.3) is 33.1 Å².